The third-order valence-electron chi connectivity index (χ3n) is 3.48. The van der Waals surface area contributed by atoms with Gasteiger partial charge in [0.15, 0.2) is 0 Å². The fraction of sp³-hybridized carbons (Fsp3) is 0.538. The molecule has 104 valence electrons. The van der Waals surface area contributed by atoms with E-state index in [-0.39, 0.29) is 10.7 Å². The number of nitro groups is 1. The van der Waals surface area contributed by atoms with E-state index in [0.29, 0.717) is 6.54 Å². The molecule has 1 unspecified atom stereocenters. The largest absolute Gasteiger partial charge is 0.388 e. The van der Waals surface area contributed by atoms with Crippen molar-refractivity contribution in [2.75, 3.05) is 18.0 Å². The van der Waals surface area contributed by atoms with Gasteiger partial charge in [-0.2, -0.15) is 0 Å². The number of β-amino-alcohol motifs (C(OH)–C–C–N with tert-alkyl or cyclic N) is 1. The maximum atomic E-state index is 10.8. The predicted molar refractivity (Wildman–Crippen MR) is 74.9 cm³/mol. The molecule has 0 radical (unpaired) electrons. The fourth-order valence-electron chi connectivity index (χ4n) is 2.56. The smallest absolute Gasteiger partial charge is 0.288 e. The number of aliphatic hydroxyl groups is 1. The van der Waals surface area contributed by atoms with Crippen molar-refractivity contribution in [2.24, 2.45) is 0 Å². The molecular formula is C13H17ClN2O3. The first-order valence-corrected chi connectivity index (χ1v) is 6.60. The lowest BCUT2D eigenvalue weighted by atomic mass is 9.94. The Morgan fingerprint density at radius 1 is 1.53 bits per heavy atom. The highest BCUT2D eigenvalue weighted by Gasteiger charge is 2.30. The van der Waals surface area contributed by atoms with Crippen LogP contribution < -0.4 is 4.90 Å². The summed E-state index contributed by atoms with van der Waals surface area (Å²) in [7, 11) is 0. The Kier molecular flexibility index (Phi) is 3.69. The number of anilines is 1. The number of piperidine rings is 1. The van der Waals surface area contributed by atoms with Crippen LogP contribution in [0.1, 0.15) is 25.3 Å². The molecule has 1 saturated heterocycles. The molecule has 1 heterocycles. The second kappa shape index (κ2) is 4.98. The minimum absolute atomic E-state index is 0.0771. The Hall–Kier alpha value is -1.33. The summed E-state index contributed by atoms with van der Waals surface area (Å²) in [4.78, 5) is 12.4. The van der Waals surface area contributed by atoms with E-state index in [1.165, 1.54) is 6.07 Å². The third-order valence-corrected chi connectivity index (χ3v) is 3.78. The highest BCUT2D eigenvalue weighted by Crippen LogP contribution is 2.35. The second-order valence-electron chi connectivity index (χ2n) is 5.37. The molecule has 6 heteroatoms. The molecule has 2 rings (SSSR count). The van der Waals surface area contributed by atoms with Crippen LogP contribution in [-0.2, 0) is 0 Å². The van der Waals surface area contributed by atoms with Gasteiger partial charge in [-0.05, 0) is 38.3 Å². The Labute approximate surface area is 116 Å². The van der Waals surface area contributed by atoms with Gasteiger partial charge in [0.1, 0.15) is 5.02 Å². The van der Waals surface area contributed by atoms with E-state index in [1.54, 1.807) is 6.07 Å². The molecule has 0 spiro atoms. The Balaban J connectivity index is 2.35. The van der Waals surface area contributed by atoms with Gasteiger partial charge in [0.25, 0.3) is 5.69 Å². The summed E-state index contributed by atoms with van der Waals surface area (Å²) in [6, 6.07) is 3.11. The van der Waals surface area contributed by atoms with Crippen molar-refractivity contribution >= 4 is 23.0 Å². The number of aryl methyl sites for hydroxylation is 1. The maximum Gasteiger partial charge on any atom is 0.288 e. The average molecular weight is 285 g/mol. The minimum Gasteiger partial charge on any atom is -0.388 e. The van der Waals surface area contributed by atoms with Crippen LogP contribution in [0.5, 0.6) is 0 Å². The van der Waals surface area contributed by atoms with Gasteiger partial charge < -0.3 is 10.0 Å². The van der Waals surface area contributed by atoms with E-state index in [1.807, 2.05) is 18.7 Å². The summed E-state index contributed by atoms with van der Waals surface area (Å²) >= 11 is 5.96. The molecule has 0 amide bonds. The van der Waals surface area contributed by atoms with Crippen molar-refractivity contribution in [3.05, 3.63) is 32.8 Å². The van der Waals surface area contributed by atoms with E-state index < -0.39 is 10.5 Å². The summed E-state index contributed by atoms with van der Waals surface area (Å²) in [6.45, 7) is 4.97. The molecule has 1 aliphatic rings. The predicted octanol–water partition coefficient (Wildman–Crippen LogP) is 2.91. The molecular weight excluding hydrogens is 268 g/mol. The number of hydrogen-bond donors (Lipinski definition) is 1. The lowest BCUT2D eigenvalue weighted by Crippen LogP contribution is -2.46. The number of hydrogen-bond acceptors (Lipinski definition) is 4. The van der Waals surface area contributed by atoms with Gasteiger partial charge in [-0.3, -0.25) is 10.1 Å². The molecule has 19 heavy (non-hydrogen) atoms. The van der Waals surface area contributed by atoms with Gasteiger partial charge in [0.2, 0.25) is 0 Å². The summed E-state index contributed by atoms with van der Waals surface area (Å²) in [5.41, 5.74) is 0.856. The molecule has 1 fully saturated rings. The van der Waals surface area contributed by atoms with Gasteiger partial charge in [-0.15, -0.1) is 0 Å². The van der Waals surface area contributed by atoms with Crippen LogP contribution in [0.4, 0.5) is 11.4 Å². The molecule has 0 bridgehead atoms. The highest BCUT2D eigenvalue weighted by molar-refractivity contribution is 6.33. The summed E-state index contributed by atoms with van der Waals surface area (Å²) in [5.74, 6) is 0. The van der Waals surface area contributed by atoms with E-state index in [2.05, 4.69) is 0 Å². The van der Waals surface area contributed by atoms with Crippen LogP contribution in [0.15, 0.2) is 12.1 Å². The van der Waals surface area contributed by atoms with Gasteiger partial charge >= 0.3 is 0 Å². The van der Waals surface area contributed by atoms with Crippen LogP contribution in [0.25, 0.3) is 0 Å². The van der Waals surface area contributed by atoms with E-state index in [0.717, 1.165) is 30.6 Å². The number of benzene rings is 1. The van der Waals surface area contributed by atoms with Crippen molar-refractivity contribution in [2.45, 2.75) is 32.3 Å². The summed E-state index contributed by atoms with van der Waals surface area (Å²) in [5, 5.41) is 21.1. The minimum atomic E-state index is -0.723. The molecule has 1 aliphatic heterocycles. The Morgan fingerprint density at radius 2 is 2.21 bits per heavy atom. The van der Waals surface area contributed by atoms with Crippen molar-refractivity contribution in [1.29, 1.82) is 0 Å². The normalized spacial score (nSPS) is 23.5. The standard InChI is InChI=1S/C13H17ClN2O3/c1-9-6-12(16(18)19)10(14)7-11(9)15-5-3-4-13(2,17)8-15/h6-7,17H,3-5,8H2,1-2H3. The van der Waals surface area contributed by atoms with Gasteiger partial charge in [-0.1, -0.05) is 11.6 Å². The Morgan fingerprint density at radius 3 is 2.79 bits per heavy atom. The van der Waals surface area contributed by atoms with Crippen molar-refractivity contribution in [1.82, 2.24) is 0 Å². The first-order chi connectivity index (χ1) is 8.80. The maximum absolute atomic E-state index is 10.8. The number of halogens is 1. The zero-order valence-corrected chi connectivity index (χ0v) is 11.8. The van der Waals surface area contributed by atoms with E-state index >= 15 is 0 Å². The van der Waals surface area contributed by atoms with Crippen molar-refractivity contribution < 1.29 is 10.0 Å². The highest BCUT2D eigenvalue weighted by atomic mass is 35.5. The molecule has 1 N–H and O–H groups in total. The topological polar surface area (TPSA) is 66.6 Å². The third kappa shape index (κ3) is 2.98. The van der Waals surface area contributed by atoms with Gasteiger partial charge in [-0.25, -0.2) is 0 Å². The summed E-state index contributed by atoms with van der Waals surface area (Å²) < 4.78 is 0. The van der Waals surface area contributed by atoms with Crippen molar-refractivity contribution in [3.8, 4) is 0 Å². The SMILES string of the molecule is Cc1cc([N+](=O)[O-])c(Cl)cc1N1CCCC(C)(O)C1. The first-order valence-electron chi connectivity index (χ1n) is 6.22. The second-order valence-corrected chi connectivity index (χ2v) is 5.78. The number of rotatable bonds is 2. The number of nitro benzene ring substituents is 1. The van der Waals surface area contributed by atoms with Crippen LogP contribution >= 0.6 is 11.6 Å². The first kappa shape index (κ1) is 14.1. The molecule has 0 aliphatic carbocycles. The zero-order valence-electron chi connectivity index (χ0n) is 11.0. The fourth-order valence-corrected chi connectivity index (χ4v) is 2.79. The van der Waals surface area contributed by atoms with Crippen LogP contribution in [0.3, 0.4) is 0 Å². The lowest BCUT2D eigenvalue weighted by molar-refractivity contribution is -0.384. The average Bonchev–Trinajstić information content (AvgIpc) is 2.30. The van der Waals surface area contributed by atoms with Crippen LogP contribution in [0.2, 0.25) is 5.02 Å². The van der Waals surface area contributed by atoms with Crippen LogP contribution in [0, 0.1) is 17.0 Å². The van der Waals surface area contributed by atoms with Gasteiger partial charge in [0.05, 0.1) is 10.5 Å². The quantitative estimate of drug-likeness (QED) is 0.670. The molecule has 1 aromatic carbocycles. The molecule has 0 saturated carbocycles. The molecule has 1 aromatic rings. The molecule has 0 aromatic heterocycles. The van der Waals surface area contributed by atoms with E-state index in [9.17, 15) is 15.2 Å². The summed E-state index contributed by atoms with van der Waals surface area (Å²) in [6.07, 6.45) is 1.66. The number of nitrogens with zero attached hydrogens (tertiary/aromatic N) is 2. The lowest BCUT2D eigenvalue weighted by Gasteiger charge is -2.39. The van der Waals surface area contributed by atoms with Crippen molar-refractivity contribution in [3.63, 3.8) is 0 Å². The van der Waals surface area contributed by atoms with Crippen LogP contribution in [-0.4, -0.2) is 28.7 Å². The Bertz CT molecular complexity index is 517. The monoisotopic (exact) mass is 284 g/mol. The van der Waals surface area contributed by atoms with Gasteiger partial charge in [0, 0.05) is 24.8 Å². The molecule has 5 nitrogen and oxygen atoms in total. The van der Waals surface area contributed by atoms with E-state index in [4.69, 9.17) is 11.6 Å². The molecule has 1 atom stereocenters. The zero-order chi connectivity index (χ0) is 14.2.